The minimum atomic E-state index is -0.298. The van der Waals surface area contributed by atoms with Gasteiger partial charge in [-0.3, -0.25) is 0 Å². The number of fused-ring (bicyclic) bond motifs is 1. The van der Waals surface area contributed by atoms with Crippen molar-refractivity contribution in [1.29, 1.82) is 0 Å². The van der Waals surface area contributed by atoms with Gasteiger partial charge in [0, 0.05) is 16.3 Å². The lowest BCUT2D eigenvalue weighted by Gasteiger charge is -2.26. The van der Waals surface area contributed by atoms with Crippen LogP contribution in [-0.2, 0) is 0 Å². The van der Waals surface area contributed by atoms with Gasteiger partial charge in [-0.25, -0.2) is 0 Å². The van der Waals surface area contributed by atoms with E-state index in [0.717, 1.165) is 29.3 Å². The zero-order valence-corrected chi connectivity index (χ0v) is 11.8. The molecule has 0 atom stereocenters. The summed E-state index contributed by atoms with van der Waals surface area (Å²) in [5, 5.41) is 10.4. The van der Waals surface area contributed by atoms with Crippen molar-refractivity contribution in [3.8, 4) is 5.88 Å². The third kappa shape index (κ3) is 2.84. The Balaban J connectivity index is 2.29. The largest absolute Gasteiger partial charge is 0.474 e. The lowest BCUT2D eigenvalue weighted by molar-refractivity contribution is 0.201. The number of nitrogens with two attached hydrogens (primary N) is 1. The molecular formula is C15H21N3O. The fourth-order valence-corrected chi connectivity index (χ4v) is 1.99. The number of benzene rings is 1. The Bertz CT molecular complexity index is 564. The molecule has 0 aliphatic carbocycles. The maximum absolute atomic E-state index is 6.25. The van der Waals surface area contributed by atoms with E-state index in [2.05, 4.69) is 24.0 Å². The Kier molecular flexibility index (Phi) is 4.00. The predicted molar refractivity (Wildman–Crippen MR) is 77.3 cm³/mol. The molecule has 4 heteroatoms. The van der Waals surface area contributed by atoms with Crippen LogP contribution in [0.5, 0.6) is 5.88 Å². The molecule has 0 aliphatic heterocycles. The van der Waals surface area contributed by atoms with Gasteiger partial charge in [-0.1, -0.05) is 32.0 Å². The Labute approximate surface area is 114 Å². The van der Waals surface area contributed by atoms with E-state index in [1.165, 1.54) is 0 Å². The van der Waals surface area contributed by atoms with Crippen LogP contribution in [0.3, 0.4) is 0 Å². The zero-order valence-electron chi connectivity index (χ0n) is 11.8. The molecule has 2 N–H and O–H groups in total. The molecule has 4 nitrogen and oxygen atoms in total. The van der Waals surface area contributed by atoms with Crippen molar-refractivity contribution >= 4 is 10.8 Å². The number of aryl methyl sites for hydroxylation is 1. The second kappa shape index (κ2) is 5.53. The lowest BCUT2D eigenvalue weighted by Crippen LogP contribution is -2.44. The summed E-state index contributed by atoms with van der Waals surface area (Å²) in [6.07, 6.45) is 1.75. The molecular weight excluding hydrogens is 238 g/mol. The highest BCUT2D eigenvalue weighted by molar-refractivity contribution is 5.88. The maximum Gasteiger partial charge on any atom is 0.241 e. The van der Waals surface area contributed by atoms with Gasteiger partial charge in [0.15, 0.2) is 0 Å². The standard InChI is InChI=1S/C15H21N3O/c1-4-15(16,5-2)10-19-14-13-9-7-6-8-12(13)11(3)17-18-14/h6-9H,4-5,10,16H2,1-3H3. The van der Waals surface area contributed by atoms with Crippen LogP contribution in [0, 0.1) is 6.92 Å². The predicted octanol–water partition coefficient (Wildman–Crippen LogP) is 2.83. The summed E-state index contributed by atoms with van der Waals surface area (Å²) in [7, 11) is 0. The van der Waals surface area contributed by atoms with Crippen LogP contribution in [0.25, 0.3) is 10.8 Å². The molecule has 0 fully saturated rings. The van der Waals surface area contributed by atoms with E-state index in [4.69, 9.17) is 10.5 Å². The van der Waals surface area contributed by atoms with Crippen molar-refractivity contribution < 1.29 is 4.74 Å². The summed E-state index contributed by atoms with van der Waals surface area (Å²) in [6.45, 7) is 6.56. The highest BCUT2D eigenvalue weighted by atomic mass is 16.5. The van der Waals surface area contributed by atoms with Crippen LogP contribution in [0.15, 0.2) is 24.3 Å². The molecule has 0 spiro atoms. The number of ether oxygens (including phenoxy) is 1. The molecule has 0 bridgehead atoms. The highest BCUT2D eigenvalue weighted by Gasteiger charge is 2.22. The van der Waals surface area contributed by atoms with Crippen molar-refractivity contribution in [2.24, 2.45) is 5.73 Å². The van der Waals surface area contributed by atoms with E-state index in [1.54, 1.807) is 0 Å². The minimum Gasteiger partial charge on any atom is -0.474 e. The third-order valence-corrected chi connectivity index (χ3v) is 3.74. The number of hydrogen-bond donors (Lipinski definition) is 1. The Morgan fingerprint density at radius 2 is 1.74 bits per heavy atom. The summed E-state index contributed by atoms with van der Waals surface area (Å²) in [5.41, 5.74) is 6.86. The van der Waals surface area contributed by atoms with Gasteiger partial charge >= 0.3 is 0 Å². The molecule has 0 amide bonds. The average molecular weight is 259 g/mol. The second-order valence-electron chi connectivity index (χ2n) is 4.99. The van der Waals surface area contributed by atoms with Gasteiger partial charge in [-0.05, 0) is 25.8 Å². The third-order valence-electron chi connectivity index (χ3n) is 3.74. The summed E-state index contributed by atoms with van der Waals surface area (Å²) in [6, 6.07) is 8.00. The first-order chi connectivity index (χ1) is 9.09. The number of nitrogens with zero attached hydrogens (tertiary/aromatic N) is 2. The van der Waals surface area contributed by atoms with Gasteiger partial charge in [-0.2, -0.15) is 5.10 Å². The van der Waals surface area contributed by atoms with Crippen LogP contribution in [0.4, 0.5) is 0 Å². The Morgan fingerprint density at radius 3 is 2.37 bits per heavy atom. The fourth-order valence-electron chi connectivity index (χ4n) is 1.99. The van der Waals surface area contributed by atoms with Gasteiger partial charge < -0.3 is 10.5 Å². The van der Waals surface area contributed by atoms with Gasteiger partial charge in [0.25, 0.3) is 0 Å². The minimum absolute atomic E-state index is 0.298. The normalized spacial score (nSPS) is 11.8. The molecule has 0 unspecified atom stereocenters. The van der Waals surface area contributed by atoms with Gasteiger partial charge in [0.1, 0.15) is 6.61 Å². The smallest absolute Gasteiger partial charge is 0.241 e. The Morgan fingerprint density at radius 1 is 1.11 bits per heavy atom. The van der Waals surface area contributed by atoms with Crippen LogP contribution in [0.1, 0.15) is 32.4 Å². The molecule has 0 saturated carbocycles. The van der Waals surface area contributed by atoms with Crippen molar-refractivity contribution in [2.75, 3.05) is 6.61 Å². The number of rotatable bonds is 5. The molecule has 1 aromatic heterocycles. The molecule has 1 heterocycles. The first-order valence-corrected chi connectivity index (χ1v) is 6.73. The molecule has 1 aromatic carbocycles. The Hall–Kier alpha value is -1.68. The molecule has 19 heavy (non-hydrogen) atoms. The number of aromatic nitrogens is 2. The highest BCUT2D eigenvalue weighted by Crippen LogP contribution is 2.25. The molecule has 2 rings (SSSR count). The van der Waals surface area contributed by atoms with Crippen LogP contribution in [0.2, 0.25) is 0 Å². The number of hydrogen-bond acceptors (Lipinski definition) is 4. The monoisotopic (exact) mass is 259 g/mol. The zero-order chi connectivity index (χ0) is 13.9. The quantitative estimate of drug-likeness (QED) is 0.897. The van der Waals surface area contributed by atoms with Gasteiger partial charge in [0.05, 0.1) is 5.69 Å². The van der Waals surface area contributed by atoms with Crippen LogP contribution >= 0.6 is 0 Å². The van der Waals surface area contributed by atoms with E-state index in [1.807, 2.05) is 31.2 Å². The SMILES string of the molecule is CCC(N)(CC)COc1nnc(C)c2ccccc12. The van der Waals surface area contributed by atoms with Crippen molar-refractivity contribution in [3.63, 3.8) is 0 Å². The fraction of sp³-hybridized carbons (Fsp3) is 0.467. The molecule has 0 saturated heterocycles. The van der Waals surface area contributed by atoms with E-state index in [0.29, 0.717) is 12.5 Å². The van der Waals surface area contributed by atoms with E-state index in [-0.39, 0.29) is 5.54 Å². The van der Waals surface area contributed by atoms with E-state index >= 15 is 0 Å². The lowest BCUT2D eigenvalue weighted by atomic mass is 9.96. The summed E-state index contributed by atoms with van der Waals surface area (Å²) in [5.74, 6) is 0.568. The van der Waals surface area contributed by atoms with E-state index in [9.17, 15) is 0 Å². The average Bonchev–Trinajstić information content (AvgIpc) is 2.46. The molecule has 0 radical (unpaired) electrons. The molecule has 2 aromatic rings. The van der Waals surface area contributed by atoms with Crippen molar-refractivity contribution in [1.82, 2.24) is 10.2 Å². The molecule has 0 aliphatic rings. The molecule has 102 valence electrons. The first-order valence-electron chi connectivity index (χ1n) is 6.73. The summed E-state index contributed by atoms with van der Waals surface area (Å²) in [4.78, 5) is 0. The first kappa shape index (κ1) is 13.7. The maximum atomic E-state index is 6.25. The van der Waals surface area contributed by atoms with Crippen LogP contribution < -0.4 is 10.5 Å². The van der Waals surface area contributed by atoms with Gasteiger partial charge in [0.2, 0.25) is 5.88 Å². The van der Waals surface area contributed by atoms with E-state index < -0.39 is 0 Å². The summed E-state index contributed by atoms with van der Waals surface area (Å²) >= 11 is 0. The topological polar surface area (TPSA) is 61.0 Å². The van der Waals surface area contributed by atoms with Gasteiger partial charge in [-0.15, -0.1) is 5.10 Å². The summed E-state index contributed by atoms with van der Waals surface area (Å²) < 4.78 is 5.82. The van der Waals surface area contributed by atoms with Crippen molar-refractivity contribution in [3.05, 3.63) is 30.0 Å². The second-order valence-corrected chi connectivity index (χ2v) is 4.99. The van der Waals surface area contributed by atoms with Crippen LogP contribution in [-0.4, -0.2) is 22.3 Å². The van der Waals surface area contributed by atoms with Crippen molar-refractivity contribution in [2.45, 2.75) is 39.2 Å².